The van der Waals surface area contributed by atoms with E-state index < -0.39 is 15.7 Å². The van der Waals surface area contributed by atoms with Gasteiger partial charge in [0.1, 0.15) is 0 Å². The van der Waals surface area contributed by atoms with Crippen LogP contribution in [0.1, 0.15) is 17.6 Å². The van der Waals surface area contributed by atoms with Gasteiger partial charge < -0.3 is 10.7 Å². The van der Waals surface area contributed by atoms with E-state index in [4.69, 9.17) is 5.73 Å². The third-order valence-electron chi connectivity index (χ3n) is 4.20. The molecule has 0 amide bonds. The van der Waals surface area contributed by atoms with Gasteiger partial charge in [-0.3, -0.25) is 4.79 Å². The first-order valence-corrected chi connectivity index (χ1v) is 9.12. The van der Waals surface area contributed by atoms with Crippen LogP contribution in [0.5, 0.6) is 0 Å². The summed E-state index contributed by atoms with van der Waals surface area (Å²) in [6.45, 7) is 0.582. The van der Waals surface area contributed by atoms with E-state index in [0.717, 1.165) is 10.8 Å². The Morgan fingerprint density at radius 1 is 1.30 bits per heavy atom. The highest BCUT2D eigenvalue weighted by Gasteiger charge is 2.31. The van der Waals surface area contributed by atoms with Crippen molar-refractivity contribution in [3.8, 4) is 0 Å². The van der Waals surface area contributed by atoms with Crippen LogP contribution in [0, 0.1) is 5.92 Å². The van der Waals surface area contributed by atoms with E-state index in [1.807, 2.05) is 0 Å². The summed E-state index contributed by atoms with van der Waals surface area (Å²) in [6, 6.07) is 4.87. The maximum Gasteiger partial charge on any atom is 0.333 e. The van der Waals surface area contributed by atoms with Gasteiger partial charge >= 0.3 is 5.69 Å². The van der Waals surface area contributed by atoms with Gasteiger partial charge in [-0.25, -0.2) is 22.1 Å². The van der Waals surface area contributed by atoms with Crippen molar-refractivity contribution in [1.29, 1.82) is 0 Å². The summed E-state index contributed by atoms with van der Waals surface area (Å²) < 4.78 is 25.5. The molecule has 2 aromatic rings. The van der Waals surface area contributed by atoms with Gasteiger partial charge in [0, 0.05) is 24.7 Å². The summed E-state index contributed by atoms with van der Waals surface area (Å²) in [7, 11) is -3.24. The number of rotatable bonds is 2. The number of H-pyrrole nitrogens is 1. The number of piperidine rings is 1. The summed E-state index contributed by atoms with van der Waals surface area (Å²) in [5, 5.41) is 0. The van der Waals surface area contributed by atoms with E-state index in [0.29, 0.717) is 42.7 Å². The molecular formula is C14H18N4O4S. The zero-order valence-electron chi connectivity index (χ0n) is 12.7. The van der Waals surface area contributed by atoms with Gasteiger partial charge in [-0.2, -0.15) is 0 Å². The molecular weight excluding hydrogens is 320 g/mol. The lowest BCUT2D eigenvalue weighted by molar-refractivity contribution is 0.0788. The molecule has 3 N–H and O–H groups in total. The highest BCUT2D eigenvalue weighted by Crippen LogP contribution is 2.22. The van der Waals surface area contributed by atoms with Crippen molar-refractivity contribution in [2.75, 3.05) is 25.1 Å². The molecule has 1 saturated heterocycles. The largest absolute Gasteiger partial charge is 0.399 e. The number of nitrogen functional groups attached to an aromatic ring is 1. The lowest BCUT2D eigenvalue weighted by Gasteiger charge is -2.29. The summed E-state index contributed by atoms with van der Waals surface area (Å²) >= 11 is 0. The standard InChI is InChI=1S/C14H18N4O4S/c1-23(21,22)17-6-4-9(5-7-17)13(19)18-12-3-2-10(15)8-11(12)16-14(18)20/h2-3,8-9H,4-7,15H2,1H3,(H,16,20). The Morgan fingerprint density at radius 3 is 2.57 bits per heavy atom. The van der Waals surface area contributed by atoms with E-state index in [9.17, 15) is 18.0 Å². The van der Waals surface area contributed by atoms with E-state index in [2.05, 4.69) is 4.98 Å². The molecule has 9 heteroatoms. The van der Waals surface area contributed by atoms with Crippen molar-refractivity contribution < 1.29 is 13.2 Å². The minimum Gasteiger partial charge on any atom is -0.399 e. The van der Waals surface area contributed by atoms with Crippen molar-refractivity contribution in [2.24, 2.45) is 5.92 Å². The first kappa shape index (κ1) is 15.8. The molecule has 23 heavy (non-hydrogen) atoms. The Labute approximate surface area is 132 Å². The molecule has 0 aliphatic carbocycles. The van der Waals surface area contributed by atoms with Gasteiger partial charge in [-0.15, -0.1) is 0 Å². The molecule has 1 aliphatic rings. The van der Waals surface area contributed by atoms with Crippen LogP contribution in [0.4, 0.5) is 5.69 Å². The number of aromatic amines is 1. The minimum atomic E-state index is -3.24. The lowest BCUT2D eigenvalue weighted by Crippen LogP contribution is -2.41. The second kappa shape index (κ2) is 5.50. The van der Waals surface area contributed by atoms with Gasteiger partial charge in [0.25, 0.3) is 0 Å². The fraction of sp³-hybridized carbons (Fsp3) is 0.429. The van der Waals surface area contributed by atoms with Crippen LogP contribution in [0.15, 0.2) is 23.0 Å². The van der Waals surface area contributed by atoms with Gasteiger partial charge in [-0.1, -0.05) is 0 Å². The number of nitrogens with two attached hydrogens (primary N) is 1. The average Bonchev–Trinajstić information content (AvgIpc) is 2.80. The molecule has 1 aliphatic heterocycles. The van der Waals surface area contributed by atoms with Crippen LogP contribution >= 0.6 is 0 Å². The number of hydrogen-bond donors (Lipinski definition) is 2. The molecule has 0 unspecified atom stereocenters. The number of anilines is 1. The average molecular weight is 338 g/mol. The topological polar surface area (TPSA) is 118 Å². The molecule has 0 atom stereocenters. The summed E-state index contributed by atoms with van der Waals surface area (Å²) in [5.41, 5.74) is 6.68. The second-order valence-electron chi connectivity index (χ2n) is 5.82. The SMILES string of the molecule is CS(=O)(=O)N1CCC(C(=O)n2c(=O)[nH]c3cc(N)ccc32)CC1. The van der Waals surface area contributed by atoms with Gasteiger partial charge in [0.15, 0.2) is 0 Å². The third-order valence-corrected chi connectivity index (χ3v) is 5.50. The number of imidazole rings is 1. The van der Waals surface area contributed by atoms with E-state index in [1.54, 1.807) is 18.2 Å². The molecule has 2 heterocycles. The number of carbonyl (C=O) groups excluding carboxylic acids is 1. The molecule has 3 rings (SSSR count). The molecule has 124 valence electrons. The quantitative estimate of drug-likeness (QED) is 0.760. The summed E-state index contributed by atoms with van der Waals surface area (Å²) in [4.78, 5) is 27.4. The fourth-order valence-electron chi connectivity index (χ4n) is 2.97. The Kier molecular flexibility index (Phi) is 3.77. The van der Waals surface area contributed by atoms with Crippen LogP contribution in [0.3, 0.4) is 0 Å². The second-order valence-corrected chi connectivity index (χ2v) is 7.80. The maximum atomic E-state index is 12.7. The van der Waals surface area contributed by atoms with Crippen molar-refractivity contribution >= 4 is 32.7 Å². The molecule has 1 aromatic carbocycles. The van der Waals surface area contributed by atoms with Crippen LogP contribution in [-0.4, -0.2) is 47.5 Å². The molecule has 1 fully saturated rings. The first-order valence-electron chi connectivity index (χ1n) is 7.27. The van der Waals surface area contributed by atoms with Gasteiger partial charge in [-0.05, 0) is 31.0 Å². The van der Waals surface area contributed by atoms with Crippen LogP contribution in [-0.2, 0) is 10.0 Å². The van der Waals surface area contributed by atoms with Crippen molar-refractivity contribution in [3.05, 3.63) is 28.7 Å². The highest BCUT2D eigenvalue weighted by atomic mass is 32.2. The van der Waals surface area contributed by atoms with Crippen molar-refractivity contribution in [2.45, 2.75) is 12.8 Å². The normalized spacial score (nSPS) is 17.6. The smallest absolute Gasteiger partial charge is 0.333 e. The number of hydrogen-bond acceptors (Lipinski definition) is 5. The molecule has 1 aromatic heterocycles. The van der Waals surface area contributed by atoms with Gasteiger partial charge in [0.05, 0.1) is 17.3 Å². The molecule has 0 spiro atoms. The lowest BCUT2D eigenvalue weighted by atomic mass is 9.97. The number of nitrogens with zero attached hydrogens (tertiary/aromatic N) is 2. The number of nitrogens with one attached hydrogen (secondary N) is 1. The van der Waals surface area contributed by atoms with Crippen molar-refractivity contribution in [1.82, 2.24) is 13.9 Å². The number of benzene rings is 1. The van der Waals surface area contributed by atoms with Crippen LogP contribution in [0.25, 0.3) is 11.0 Å². The van der Waals surface area contributed by atoms with E-state index in [-0.39, 0.29) is 11.8 Å². The number of aromatic nitrogens is 2. The predicted octanol–water partition coefficient (Wildman–Crippen LogP) is 0.224. The summed E-state index contributed by atoms with van der Waals surface area (Å²) in [5.74, 6) is -0.679. The van der Waals surface area contributed by atoms with E-state index >= 15 is 0 Å². The zero-order chi connectivity index (χ0) is 16.8. The Balaban J connectivity index is 1.88. The number of fused-ring (bicyclic) bond motifs is 1. The molecule has 8 nitrogen and oxygen atoms in total. The van der Waals surface area contributed by atoms with Gasteiger partial charge in [0.2, 0.25) is 15.9 Å². The highest BCUT2D eigenvalue weighted by molar-refractivity contribution is 7.88. The number of carbonyl (C=O) groups is 1. The minimum absolute atomic E-state index is 0.291. The van der Waals surface area contributed by atoms with Crippen LogP contribution in [0.2, 0.25) is 0 Å². The molecule has 0 saturated carbocycles. The predicted molar refractivity (Wildman–Crippen MR) is 86.7 cm³/mol. The Bertz CT molecular complexity index is 920. The van der Waals surface area contributed by atoms with Crippen LogP contribution < -0.4 is 11.4 Å². The molecule has 0 bridgehead atoms. The molecule has 0 radical (unpaired) electrons. The zero-order valence-corrected chi connectivity index (χ0v) is 13.5. The first-order chi connectivity index (χ1) is 10.8. The summed E-state index contributed by atoms with van der Waals surface area (Å²) in [6.07, 6.45) is 1.96. The third kappa shape index (κ3) is 2.89. The number of sulfonamides is 1. The Morgan fingerprint density at radius 2 is 1.96 bits per heavy atom. The Hall–Kier alpha value is -2.13. The monoisotopic (exact) mass is 338 g/mol. The maximum absolute atomic E-state index is 12.7. The van der Waals surface area contributed by atoms with E-state index in [1.165, 1.54) is 4.31 Å². The fourth-order valence-corrected chi connectivity index (χ4v) is 3.84. The van der Waals surface area contributed by atoms with Crippen molar-refractivity contribution in [3.63, 3.8) is 0 Å².